The number of amides is 6. The molecule has 12 aromatic rings. The lowest BCUT2D eigenvalue weighted by molar-refractivity contribution is 0.0231. The van der Waals surface area contributed by atoms with E-state index in [1.807, 2.05) is 150 Å². The van der Waals surface area contributed by atoms with E-state index >= 15 is 0 Å². The van der Waals surface area contributed by atoms with E-state index in [9.17, 15) is 28.8 Å². The van der Waals surface area contributed by atoms with Crippen molar-refractivity contribution >= 4 is 104 Å². The molecule has 31 nitrogen and oxygen atoms in total. The summed E-state index contributed by atoms with van der Waals surface area (Å²) >= 11 is 0. The predicted molar refractivity (Wildman–Crippen MR) is 486 cm³/mol. The quantitative estimate of drug-likeness (QED) is 0.0519. The van der Waals surface area contributed by atoms with E-state index in [0.29, 0.717) is 95.4 Å². The number of anilines is 6. The molecular weight excluding hydrogens is 1610 g/mol. The number of fused-ring (bicyclic) bond motifs is 6. The van der Waals surface area contributed by atoms with Crippen LogP contribution in [0.4, 0.5) is 48.9 Å². The van der Waals surface area contributed by atoms with Gasteiger partial charge in [-0.1, -0.05) is 51.1 Å². The minimum atomic E-state index is -0.760. The van der Waals surface area contributed by atoms with Crippen molar-refractivity contribution in [1.82, 2.24) is 63.3 Å². The number of nitrogens with zero attached hydrogens (tertiary/aromatic N) is 13. The van der Waals surface area contributed by atoms with Gasteiger partial charge in [-0.2, -0.15) is 0 Å². The molecule has 0 bridgehead atoms. The molecular formula is C96H111N19O12. The molecule has 6 aliphatic rings. The standard InChI is InChI=1S/2C31H34N6O4.C30H33N7O4.C4H10/c2*1-31(2,3)41-30(39)37-16-23-20(21-9-12-33-28-22(21)10-13-36(28)4)5-7-24(27(23)29(37)38)34-26-8-6-19(25(15-32)35-26)18-11-14-40-17-18;1-30(2,3)41-29(39)37-15-21-25(28(37)38)23(14-33-26(21)19-7-10-32-27-20(19)8-11-36(27)4)35-24-6-5-18(22(13-31)34-24)17-9-12-40-16-17;1-4(2)3/h2*5-10,12-13,18H,11,14-17,32H2,1-4H3,(H,34,35);5-8,10-11,14,17H,9,12-13,15-16,31H2,1-4H3,(H,34,35);4H,1-3H3/t2*18-;;/m10../s1. The maximum absolute atomic E-state index is 13.9. The van der Waals surface area contributed by atoms with Crippen LogP contribution in [0.25, 0.3) is 66.6 Å². The Morgan fingerprint density at radius 2 is 0.732 bits per heavy atom. The third-order valence-corrected chi connectivity index (χ3v) is 22.6. The predicted octanol–water partition coefficient (Wildman–Crippen LogP) is 16.8. The fourth-order valence-corrected chi connectivity index (χ4v) is 16.9. The largest absolute Gasteiger partial charge is 0.443 e. The molecule has 18 rings (SSSR count). The zero-order valence-corrected chi connectivity index (χ0v) is 74.6. The second-order valence-electron chi connectivity index (χ2n) is 36.2. The molecule has 31 heteroatoms. The van der Waals surface area contributed by atoms with Gasteiger partial charge in [0.05, 0.1) is 102 Å². The van der Waals surface area contributed by atoms with E-state index in [0.717, 1.165) is 166 Å². The Bertz CT molecular complexity index is 5640. The third kappa shape index (κ3) is 18.9. The van der Waals surface area contributed by atoms with E-state index in [1.54, 1.807) is 87.1 Å². The van der Waals surface area contributed by atoms with Gasteiger partial charge in [0.2, 0.25) is 0 Å². The highest BCUT2D eigenvalue weighted by Gasteiger charge is 2.43. The molecule has 3 atom stereocenters. The number of benzene rings is 2. The van der Waals surface area contributed by atoms with Crippen molar-refractivity contribution in [3.8, 4) is 33.5 Å². The number of carbonyl (C=O) groups is 6. The monoisotopic (exact) mass is 1720 g/mol. The maximum Gasteiger partial charge on any atom is 0.417 e. The average Bonchev–Trinajstić information content (AvgIpc) is 1.61. The average molecular weight is 1720 g/mol. The van der Waals surface area contributed by atoms with Crippen LogP contribution >= 0.6 is 0 Å². The summed E-state index contributed by atoms with van der Waals surface area (Å²) in [7, 11) is 5.81. The van der Waals surface area contributed by atoms with Gasteiger partial charge in [0.15, 0.2) is 0 Å². The molecule has 0 aliphatic carbocycles. The van der Waals surface area contributed by atoms with Gasteiger partial charge >= 0.3 is 18.3 Å². The van der Waals surface area contributed by atoms with Crippen molar-refractivity contribution in [3.05, 3.63) is 208 Å². The first-order chi connectivity index (χ1) is 60.7. The fraction of sp³-hybridized carbons (Fsp3) is 0.385. The van der Waals surface area contributed by atoms with Crippen molar-refractivity contribution < 1.29 is 57.2 Å². The highest BCUT2D eigenvalue weighted by molar-refractivity contribution is 6.15. The number of hydrogen-bond donors (Lipinski definition) is 6. The van der Waals surface area contributed by atoms with Gasteiger partial charge in [-0.05, 0) is 204 Å². The summed E-state index contributed by atoms with van der Waals surface area (Å²) < 4.78 is 39.3. The van der Waals surface area contributed by atoms with Gasteiger partial charge in [-0.3, -0.25) is 19.4 Å². The second kappa shape index (κ2) is 36.6. The van der Waals surface area contributed by atoms with Crippen molar-refractivity contribution in [1.29, 1.82) is 0 Å². The molecule has 0 radical (unpaired) electrons. The fourth-order valence-electron chi connectivity index (χ4n) is 16.9. The Morgan fingerprint density at radius 1 is 0.417 bits per heavy atom. The zero-order chi connectivity index (χ0) is 90.2. The number of pyridine rings is 7. The van der Waals surface area contributed by atoms with Crippen LogP contribution in [0.5, 0.6) is 0 Å². The Hall–Kier alpha value is -12.9. The minimum Gasteiger partial charge on any atom is -0.443 e. The molecule has 10 aromatic heterocycles. The maximum atomic E-state index is 13.9. The summed E-state index contributed by atoms with van der Waals surface area (Å²) in [6, 6.07) is 31.1. The number of nitrogens with one attached hydrogen (secondary N) is 3. The summed E-state index contributed by atoms with van der Waals surface area (Å²) in [4.78, 5) is 117. The van der Waals surface area contributed by atoms with Gasteiger partial charge < -0.3 is 75.3 Å². The summed E-state index contributed by atoms with van der Waals surface area (Å²) in [5.74, 6) is 2.02. The molecule has 2 aromatic carbocycles. The minimum absolute atomic E-state index is 0.0275. The van der Waals surface area contributed by atoms with Gasteiger partial charge in [0.1, 0.15) is 51.2 Å². The van der Waals surface area contributed by atoms with Crippen LogP contribution in [0.15, 0.2) is 140 Å². The SMILES string of the molecule is CC(C)C.Cn1ccc2c(-c3ccc(Nc4ccc([C@@H]5CCOC5)c(CN)n4)c4c3CN(C(=O)OC(C)(C)C)C4=O)ccnc21.Cn1ccc2c(-c3ccc(Nc4ccc([C@H]5CCOC5)c(CN)n4)c4c3CN(C(=O)OC(C)(C)C)C4=O)ccnc21.Cn1ccc2c(-c3ncc(Nc4ccc(C5CCOC5)c(CN)n4)c4c3CN(C(=O)OC(C)(C)C)C4=O)ccnc21. The van der Waals surface area contributed by atoms with Crippen molar-refractivity contribution in [2.45, 2.75) is 176 Å². The molecule has 3 fully saturated rings. The highest BCUT2D eigenvalue weighted by atomic mass is 16.6. The van der Waals surface area contributed by atoms with Crippen LogP contribution in [0.1, 0.15) is 202 Å². The van der Waals surface area contributed by atoms with Crippen LogP contribution in [0.3, 0.4) is 0 Å². The number of imide groups is 3. The molecule has 0 spiro atoms. The van der Waals surface area contributed by atoms with Crippen LogP contribution in [-0.2, 0) is 88.8 Å². The summed E-state index contributed by atoms with van der Waals surface area (Å²) in [6.45, 7) is 27.7. The number of aromatic nitrogens is 10. The van der Waals surface area contributed by atoms with Gasteiger partial charge in [-0.25, -0.2) is 59.0 Å². The first kappa shape index (κ1) is 88.9. The molecule has 6 amide bonds. The topological polar surface area (TPSA) is 387 Å². The number of rotatable bonds is 15. The molecule has 127 heavy (non-hydrogen) atoms. The van der Waals surface area contributed by atoms with E-state index in [4.69, 9.17) is 65.6 Å². The second-order valence-corrected chi connectivity index (χ2v) is 36.2. The lowest BCUT2D eigenvalue weighted by Gasteiger charge is -2.23. The van der Waals surface area contributed by atoms with Crippen LogP contribution in [0, 0.1) is 5.92 Å². The number of nitrogens with two attached hydrogens (primary N) is 3. The number of ether oxygens (including phenoxy) is 6. The number of aryl methyl sites for hydroxylation is 3. The molecule has 3 saturated heterocycles. The third-order valence-electron chi connectivity index (χ3n) is 22.6. The first-order valence-electron chi connectivity index (χ1n) is 43.0. The van der Waals surface area contributed by atoms with Crippen LogP contribution in [-0.4, -0.2) is 156 Å². The molecule has 9 N–H and O–H groups in total. The number of carbonyl (C=O) groups excluding carboxylic acids is 6. The zero-order valence-electron chi connectivity index (χ0n) is 74.6. The van der Waals surface area contributed by atoms with Gasteiger partial charge in [0, 0.05) is 143 Å². The molecule has 662 valence electrons. The Morgan fingerprint density at radius 3 is 1.06 bits per heavy atom. The Labute approximate surface area is 737 Å². The highest BCUT2D eigenvalue weighted by Crippen LogP contribution is 2.46. The molecule has 16 heterocycles. The van der Waals surface area contributed by atoms with Crippen molar-refractivity contribution in [2.24, 2.45) is 44.3 Å². The summed E-state index contributed by atoms with van der Waals surface area (Å²) in [5, 5.41) is 12.8. The lowest BCUT2D eigenvalue weighted by atomic mass is 9.94. The van der Waals surface area contributed by atoms with E-state index < -0.39 is 52.8 Å². The Kier molecular flexibility index (Phi) is 25.6. The van der Waals surface area contributed by atoms with Crippen LogP contribution in [0.2, 0.25) is 0 Å². The van der Waals surface area contributed by atoms with E-state index in [-0.39, 0.29) is 43.9 Å². The normalized spacial score (nSPS) is 16.6. The van der Waals surface area contributed by atoms with E-state index in [2.05, 4.69) is 51.7 Å². The summed E-state index contributed by atoms with van der Waals surface area (Å²) in [5.41, 5.74) is 33.9. The van der Waals surface area contributed by atoms with Gasteiger partial charge in [-0.15, -0.1) is 0 Å². The summed E-state index contributed by atoms with van der Waals surface area (Å²) in [6.07, 6.45) is 13.4. The van der Waals surface area contributed by atoms with Gasteiger partial charge in [0.25, 0.3) is 17.7 Å². The molecule has 6 aliphatic heterocycles. The van der Waals surface area contributed by atoms with E-state index in [1.165, 1.54) is 0 Å². The Balaban J connectivity index is 0.000000144. The molecule has 0 saturated carbocycles. The van der Waals surface area contributed by atoms with Crippen molar-refractivity contribution in [2.75, 3.05) is 55.6 Å². The smallest absolute Gasteiger partial charge is 0.417 e. The first-order valence-corrected chi connectivity index (χ1v) is 43.0. The lowest BCUT2D eigenvalue weighted by Crippen LogP contribution is -2.37. The molecule has 1 unspecified atom stereocenters. The number of hydrogen-bond acceptors (Lipinski definition) is 25. The van der Waals surface area contributed by atoms with Crippen molar-refractivity contribution in [3.63, 3.8) is 0 Å². The van der Waals surface area contributed by atoms with Crippen LogP contribution < -0.4 is 33.2 Å².